The highest BCUT2D eigenvalue weighted by Crippen LogP contribution is 2.25. The molecule has 6 heteroatoms. The molecule has 3 rings (SSSR count). The number of rotatable bonds is 4. The number of pyridine rings is 1. The molecular weight excluding hydrogens is 294 g/mol. The van der Waals surface area contributed by atoms with Gasteiger partial charge in [-0.3, -0.25) is 9.69 Å². The Kier molecular flexibility index (Phi) is 5.13. The van der Waals surface area contributed by atoms with Gasteiger partial charge < -0.3 is 14.7 Å². The minimum Gasteiger partial charge on any atom is -0.478 e. The van der Waals surface area contributed by atoms with Crippen LogP contribution in [0.4, 0.5) is 0 Å². The molecular formula is C17H25N3O3. The van der Waals surface area contributed by atoms with Crippen LogP contribution in [-0.4, -0.2) is 70.7 Å². The smallest absolute Gasteiger partial charge is 0.255 e. The third-order valence-electron chi connectivity index (χ3n) is 4.79. The van der Waals surface area contributed by atoms with Crippen molar-refractivity contribution in [1.82, 2.24) is 14.8 Å². The van der Waals surface area contributed by atoms with E-state index < -0.39 is 0 Å². The van der Waals surface area contributed by atoms with Gasteiger partial charge in [0.25, 0.3) is 5.91 Å². The molecule has 0 radical (unpaired) electrons. The van der Waals surface area contributed by atoms with E-state index in [-0.39, 0.29) is 18.1 Å². The van der Waals surface area contributed by atoms with Gasteiger partial charge >= 0.3 is 0 Å². The van der Waals surface area contributed by atoms with E-state index in [2.05, 4.69) is 9.88 Å². The SMILES string of the molecule is CCOc1ccc(C(=O)N2CCN([C@H]3CCC[C@@H]3O)CC2)cn1. The van der Waals surface area contributed by atoms with Crippen molar-refractivity contribution in [3.05, 3.63) is 23.9 Å². The summed E-state index contributed by atoms with van der Waals surface area (Å²) < 4.78 is 5.30. The summed E-state index contributed by atoms with van der Waals surface area (Å²) in [5.74, 6) is 0.566. The van der Waals surface area contributed by atoms with E-state index in [1.54, 1.807) is 18.3 Å². The fourth-order valence-corrected chi connectivity index (χ4v) is 3.53. The predicted molar refractivity (Wildman–Crippen MR) is 86.5 cm³/mol. The first-order valence-corrected chi connectivity index (χ1v) is 8.49. The molecule has 2 heterocycles. The highest BCUT2D eigenvalue weighted by atomic mass is 16.5. The number of ether oxygens (including phenoxy) is 1. The lowest BCUT2D eigenvalue weighted by Gasteiger charge is -2.39. The van der Waals surface area contributed by atoms with Crippen LogP contribution in [0.2, 0.25) is 0 Å². The predicted octanol–water partition coefficient (Wildman–Crippen LogP) is 1.15. The number of aliphatic hydroxyl groups excluding tert-OH is 1. The maximum atomic E-state index is 12.5. The van der Waals surface area contributed by atoms with Crippen molar-refractivity contribution in [2.75, 3.05) is 32.8 Å². The third-order valence-corrected chi connectivity index (χ3v) is 4.79. The molecule has 0 spiro atoms. The topological polar surface area (TPSA) is 65.9 Å². The number of piperazine rings is 1. The zero-order valence-electron chi connectivity index (χ0n) is 13.6. The molecule has 0 unspecified atom stereocenters. The molecule has 1 saturated heterocycles. The highest BCUT2D eigenvalue weighted by molar-refractivity contribution is 5.94. The summed E-state index contributed by atoms with van der Waals surface area (Å²) in [4.78, 5) is 20.9. The second-order valence-electron chi connectivity index (χ2n) is 6.21. The molecule has 1 aliphatic heterocycles. The van der Waals surface area contributed by atoms with E-state index in [9.17, 15) is 9.90 Å². The van der Waals surface area contributed by atoms with Crippen molar-refractivity contribution in [3.63, 3.8) is 0 Å². The Labute approximate surface area is 137 Å². The Hall–Kier alpha value is -1.66. The summed E-state index contributed by atoms with van der Waals surface area (Å²) >= 11 is 0. The van der Waals surface area contributed by atoms with Crippen molar-refractivity contribution >= 4 is 5.91 Å². The minimum atomic E-state index is -0.201. The molecule has 1 aromatic heterocycles. The summed E-state index contributed by atoms with van der Waals surface area (Å²) in [5, 5.41) is 10.0. The van der Waals surface area contributed by atoms with Crippen molar-refractivity contribution in [2.45, 2.75) is 38.3 Å². The number of carbonyl (C=O) groups excluding carboxylic acids is 1. The molecule has 1 saturated carbocycles. The Morgan fingerprint density at radius 2 is 2.09 bits per heavy atom. The van der Waals surface area contributed by atoms with Crippen molar-refractivity contribution in [1.29, 1.82) is 0 Å². The first kappa shape index (κ1) is 16.2. The normalized spacial score (nSPS) is 25.6. The monoisotopic (exact) mass is 319 g/mol. The Balaban J connectivity index is 1.55. The van der Waals surface area contributed by atoms with Gasteiger partial charge in [0, 0.05) is 44.5 Å². The van der Waals surface area contributed by atoms with Crippen LogP contribution < -0.4 is 4.74 Å². The third kappa shape index (κ3) is 3.64. The van der Waals surface area contributed by atoms with Crippen LogP contribution in [0.15, 0.2) is 18.3 Å². The second kappa shape index (κ2) is 7.27. The fourth-order valence-electron chi connectivity index (χ4n) is 3.53. The summed E-state index contributed by atoms with van der Waals surface area (Å²) in [6.07, 6.45) is 4.45. The average molecular weight is 319 g/mol. The minimum absolute atomic E-state index is 0.0205. The van der Waals surface area contributed by atoms with Crippen LogP contribution in [-0.2, 0) is 0 Å². The molecule has 2 aliphatic rings. The lowest BCUT2D eigenvalue weighted by Crippen LogP contribution is -2.53. The van der Waals surface area contributed by atoms with Gasteiger partial charge in [0.1, 0.15) is 0 Å². The van der Waals surface area contributed by atoms with Crippen LogP contribution in [0.1, 0.15) is 36.5 Å². The Morgan fingerprint density at radius 1 is 1.30 bits per heavy atom. The van der Waals surface area contributed by atoms with Crippen LogP contribution in [0.3, 0.4) is 0 Å². The molecule has 1 amide bonds. The second-order valence-corrected chi connectivity index (χ2v) is 6.21. The summed E-state index contributed by atoms with van der Waals surface area (Å²) in [6.45, 7) is 5.54. The molecule has 1 aromatic rings. The first-order chi connectivity index (χ1) is 11.2. The van der Waals surface area contributed by atoms with E-state index in [1.165, 1.54) is 0 Å². The maximum absolute atomic E-state index is 12.5. The molecule has 0 aromatic carbocycles. The fraction of sp³-hybridized carbons (Fsp3) is 0.647. The molecule has 2 fully saturated rings. The molecule has 1 aliphatic carbocycles. The van der Waals surface area contributed by atoms with E-state index in [4.69, 9.17) is 4.74 Å². The Morgan fingerprint density at radius 3 is 2.65 bits per heavy atom. The van der Waals surface area contributed by atoms with Crippen LogP contribution >= 0.6 is 0 Å². The molecule has 2 atom stereocenters. The highest BCUT2D eigenvalue weighted by Gasteiger charge is 2.33. The van der Waals surface area contributed by atoms with E-state index in [0.29, 0.717) is 31.1 Å². The number of carbonyl (C=O) groups is 1. The van der Waals surface area contributed by atoms with Gasteiger partial charge in [-0.2, -0.15) is 0 Å². The largest absolute Gasteiger partial charge is 0.478 e. The van der Waals surface area contributed by atoms with Crippen molar-refractivity contribution in [3.8, 4) is 5.88 Å². The van der Waals surface area contributed by atoms with Gasteiger partial charge in [-0.25, -0.2) is 4.98 Å². The Bertz CT molecular complexity index is 526. The van der Waals surface area contributed by atoms with E-state index >= 15 is 0 Å². The number of amides is 1. The van der Waals surface area contributed by atoms with Crippen molar-refractivity contribution < 1.29 is 14.6 Å². The van der Waals surface area contributed by atoms with Gasteiger partial charge in [-0.1, -0.05) is 0 Å². The lowest BCUT2D eigenvalue weighted by atomic mass is 10.1. The standard InChI is InChI=1S/C17H25N3O3/c1-2-23-16-7-6-13(12-18-16)17(22)20-10-8-19(9-11-20)14-4-3-5-15(14)21/h6-7,12,14-15,21H,2-5,8-11H2,1H3/t14-,15-/m0/s1. The lowest BCUT2D eigenvalue weighted by molar-refractivity contribution is 0.0315. The van der Waals surface area contributed by atoms with Gasteiger partial charge in [-0.05, 0) is 32.3 Å². The van der Waals surface area contributed by atoms with Crippen LogP contribution in [0.25, 0.3) is 0 Å². The quantitative estimate of drug-likeness (QED) is 0.902. The summed E-state index contributed by atoms with van der Waals surface area (Å²) in [6, 6.07) is 3.79. The van der Waals surface area contributed by atoms with Crippen molar-refractivity contribution in [2.24, 2.45) is 0 Å². The van der Waals surface area contributed by atoms with Gasteiger partial charge in [0.2, 0.25) is 5.88 Å². The van der Waals surface area contributed by atoms with E-state index in [1.807, 2.05) is 11.8 Å². The number of hydrogen-bond acceptors (Lipinski definition) is 5. The van der Waals surface area contributed by atoms with Crippen LogP contribution in [0.5, 0.6) is 5.88 Å². The summed E-state index contributed by atoms with van der Waals surface area (Å²) in [7, 11) is 0. The van der Waals surface area contributed by atoms with Gasteiger partial charge in [-0.15, -0.1) is 0 Å². The zero-order chi connectivity index (χ0) is 16.2. The summed E-state index contributed by atoms with van der Waals surface area (Å²) in [5.41, 5.74) is 0.600. The maximum Gasteiger partial charge on any atom is 0.255 e. The number of hydrogen-bond donors (Lipinski definition) is 1. The zero-order valence-corrected chi connectivity index (χ0v) is 13.6. The molecule has 23 heavy (non-hydrogen) atoms. The average Bonchev–Trinajstić information content (AvgIpc) is 3.01. The van der Waals surface area contributed by atoms with Gasteiger partial charge in [0.15, 0.2) is 0 Å². The molecule has 6 nitrogen and oxygen atoms in total. The molecule has 126 valence electrons. The first-order valence-electron chi connectivity index (χ1n) is 8.49. The molecule has 0 bridgehead atoms. The van der Waals surface area contributed by atoms with E-state index in [0.717, 1.165) is 32.4 Å². The van der Waals surface area contributed by atoms with Gasteiger partial charge in [0.05, 0.1) is 18.3 Å². The number of nitrogens with zero attached hydrogens (tertiary/aromatic N) is 3. The molecule has 1 N–H and O–H groups in total. The van der Waals surface area contributed by atoms with Crippen LogP contribution in [0, 0.1) is 0 Å². The number of aromatic nitrogens is 1. The number of aliphatic hydroxyl groups is 1.